The Kier molecular flexibility index (Phi) is 4.34. The molecule has 0 radical (unpaired) electrons. The number of morpholine rings is 1. The van der Waals surface area contributed by atoms with E-state index in [4.69, 9.17) is 4.74 Å². The third-order valence-corrected chi connectivity index (χ3v) is 4.77. The largest absolute Gasteiger partial charge is 0.379 e. The van der Waals surface area contributed by atoms with Gasteiger partial charge in [0.25, 0.3) is 0 Å². The van der Waals surface area contributed by atoms with Gasteiger partial charge in [-0.3, -0.25) is 4.90 Å². The maximum Gasteiger partial charge on any atom is 0.0672 e. The Bertz CT molecular complexity index is 462. The molecule has 0 aromatic heterocycles. The lowest BCUT2D eigenvalue weighted by Crippen LogP contribution is -2.48. The third kappa shape index (κ3) is 2.87. The van der Waals surface area contributed by atoms with Crippen LogP contribution < -0.4 is 0 Å². The molecule has 3 nitrogen and oxygen atoms in total. The van der Waals surface area contributed by atoms with E-state index in [1.54, 1.807) is 0 Å². The summed E-state index contributed by atoms with van der Waals surface area (Å²) in [5.74, 6) is 0.793. The van der Waals surface area contributed by atoms with Crippen molar-refractivity contribution >= 4 is 0 Å². The first-order valence-electron chi connectivity index (χ1n) is 7.65. The van der Waals surface area contributed by atoms with Gasteiger partial charge in [-0.15, -0.1) is 0 Å². The van der Waals surface area contributed by atoms with Crippen molar-refractivity contribution in [2.45, 2.75) is 31.2 Å². The SMILES string of the molecule is N#CC1CCC(c2ccccc2)CC1N1CCOCC1. The zero-order valence-corrected chi connectivity index (χ0v) is 11.9. The van der Waals surface area contributed by atoms with Crippen LogP contribution in [0.15, 0.2) is 30.3 Å². The van der Waals surface area contributed by atoms with Gasteiger partial charge in [0.2, 0.25) is 0 Å². The van der Waals surface area contributed by atoms with Gasteiger partial charge in [-0.25, -0.2) is 0 Å². The molecule has 3 rings (SSSR count). The lowest BCUT2D eigenvalue weighted by Gasteiger charge is -2.42. The molecule has 1 aromatic carbocycles. The van der Waals surface area contributed by atoms with E-state index >= 15 is 0 Å². The number of nitrogens with zero attached hydrogens (tertiary/aromatic N) is 2. The highest BCUT2D eigenvalue weighted by atomic mass is 16.5. The highest BCUT2D eigenvalue weighted by Gasteiger charge is 2.35. The van der Waals surface area contributed by atoms with E-state index in [-0.39, 0.29) is 5.92 Å². The highest BCUT2D eigenvalue weighted by Crippen LogP contribution is 2.38. The summed E-state index contributed by atoms with van der Waals surface area (Å²) in [7, 11) is 0. The predicted octanol–water partition coefficient (Wildman–Crippen LogP) is 2.79. The molecule has 1 saturated carbocycles. The fraction of sp³-hybridized carbons (Fsp3) is 0.588. The minimum atomic E-state index is 0.188. The zero-order valence-electron chi connectivity index (χ0n) is 11.9. The molecule has 1 heterocycles. The third-order valence-electron chi connectivity index (χ3n) is 4.77. The average Bonchev–Trinajstić information content (AvgIpc) is 2.56. The molecule has 0 N–H and O–H groups in total. The minimum Gasteiger partial charge on any atom is -0.379 e. The summed E-state index contributed by atoms with van der Waals surface area (Å²) in [5, 5.41) is 9.44. The van der Waals surface area contributed by atoms with Gasteiger partial charge in [0.15, 0.2) is 0 Å². The van der Waals surface area contributed by atoms with Crippen LogP contribution in [0.1, 0.15) is 30.7 Å². The summed E-state index contributed by atoms with van der Waals surface area (Å²) in [6.45, 7) is 3.57. The Labute approximate surface area is 121 Å². The van der Waals surface area contributed by atoms with Crippen molar-refractivity contribution < 1.29 is 4.74 Å². The molecule has 3 atom stereocenters. The molecule has 3 unspecified atom stereocenters. The maximum absolute atomic E-state index is 9.44. The molecule has 1 aromatic rings. The summed E-state index contributed by atoms with van der Waals surface area (Å²) in [6.07, 6.45) is 3.28. The van der Waals surface area contributed by atoms with Crippen molar-refractivity contribution in [2.24, 2.45) is 5.92 Å². The number of hydrogen-bond acceptors (Lipinski definition) is 3. The summed E-state index contributed by atoms with van der Waals surface area (Å²) in [5.41, 5.74) is 1.43. The Morgan fingerprint density at radius 3 is 2.55 bits per heavy atom. The van der Waals surface area contributed by atoms with Crippen molar-refractivity contribution in [3.63, 3.8) is 0 Å². The molecular formula is C17H22N2O. The first-order valence-corrected chi connectivity index (χ1v) is 7.65. The van der Waals surface area contributed by atoms with Crippen molar-refractivity contribution in [3.05, 3.63) is 35.9 Å². The first kappa shape index (κ1) is 13.6. The van der Waals surface area contributed by atoms with Gasteiger partial charge in [-0.1, -0.05) is 30.3 Å². The van der Waals surface area contributed by atoms with Crippen LogP contribution in [-0.4, -0.2) is 37.2 Å². The summed E-state index contributed by atoms with van der Waals surface area (Å²) >= 11 is 0. The quantitative estimate of drug-likeness (QED) is 0.829. The topological polar surface area (TPSA) is 36.3 Å². The average molecular weight is 270 g/mol. The lowest BCUT2D eigenvalue weighted by molar-refractivity contribution is -0.00241. The fourth-order valence-electron chi connectivity index (χ4n) is 3.64. The smallest absolute Gasteiger partial charge is 0.0672 e. The van der Waals surface area contributed by atoms with Gasteiger partial charge < -0.3 is 4.74 Å². The fourth-order valence-corrected chi connectivity index (χ4v) is 3.64. The van der Waals surface area contributed by atoms with Crippen molar-refractivity contribution in [3.8, 4) is 6.07 Å². The number of rotatable bonds is 2. The molecule has 3 heteroatoms. The molecule has 106 valence electrons. The van der Waals surface area contributed by atoms with Crippen LogP contribution in [0.5, 0.6) is 0 Å². The second-order valence-electron chi connectivity index (χ2n) is 5.87. The molecule has 20 heavy (non-hydrogen) atoms. The van der Waals surface area contributed by atoms with Crippen LogP contribution in [0.2, 0.25) is 0 Å². The number of hydrogen-bond donors (Lipinski definition) is 0. The molecule has 1 saturated heterocycles. The van der Waals surface area contributed by atoms with Gasteiger partial charge >= 0.3 is 0 Å². The molecule has 2 aliphatic rings. The molecule has 1 aliphatic carbocycles. The molecule has 0 amide bonds. The summed E-state index contributed by atoms with van der Waals surface area (Å²) in [4.78, 5) is 2.48. The van der Waals surface area contributed by atoms with E-state index in [9.17, 15) is 5.26 Å². The van der Waals surface area contributed by atoms with Crippen molar-refractivity contribution in [2.75, 3.05) is 26.3 Å². The van der Waals surface area contributed by atoms with E-state index in [0.29, 0.717) is 12.0 Å². The van der Waals surface area contributed by atoms with E-state index < -0.39 is 0 Å². The first-order chi connectivity index (χ1) is 9.88. The lowest BCUT2D eigenvalue weighted by atomic mass is 9.75. The number of benzene rings is 1. The monoisotopic (exact) mass is 270 g/mol. The van der Waals surface area contributed by atoms with Crippen molar-refractivity contribution in [1.29, 1.82) is 5.26 Å². The minimum absolute atomic E-state index is 0.188. The van der Waals surface area contributed by atoms with E-state index in [1.165, 1.54) is 5.56 Å². The van der Waals surface area contributed by atoms with Crippen LogP contribution in [0.3, 0.4) is 0 Å². The molecule has 1 aliphatic heterocycles. The maximum atomic E-state index is 9.44. The zero-order chi connectivity index (χ0) is 13.8. The van der Waals surface area contributed by atoms with Gasteiger partial charge in [0.1, 0.15) is 0 Å². The van der Waals surface area contributed by atoms with E-state index in [0.717, 1.165) is 45.6 Å². The van der Waals surface area contributed by atoms with Crippen molar-refractivity contribution in [1.82, 2.24) is 4.90 Å². The van der Waals surface area contributed by atoms with E-state index in [1.807, 2.05) is 0 Å². The van der Waals surface area contributed by atoms with Gasteiger partial charge in [0, 0.05) is 19.1 Å². The van der Waals surface area contributed by atoms with Gasteiger partial charge in [0.05, 0.1) is 25.2 Å². The molecule has 0 spiro atoms. The van der Waals surface area contributed by atoms with Gasteiger partial charge in [-0.2, -0.15) is 5.26 Å². The van der Waals surface area contributed by atoms with Gasteiger partial charge in [-0.05, 0) is 30.7 Å². The predicted molar refractivity (Wildman–Crippen MR) is 78.3 cm³/mol. The van der Waals surface area contributed by atoms with Crippen LogP contribution in [-0.2, 0) is 4.74 Å². The van der Waals surface area contributed by atoms with Crippen LogP contribution in [0.4, 0.5) is 0 Å². The molecule has 0 bridgehead atoms. The standard InChI is InChI=1S/C17H22N2O/c18-13-16-7-6-15(14-4-2-1-3-5-14)12-17(16)19-8-10-20-11-9-19/h1-5,15-17H,6-12H2. The second kappa shape index (κ2) is 6.39. The van der Waals surface area contributed by atoms with Crippen LogP contribution >= 0.6 is 0 Å². The summed E-state index contributed by atoms with van der Waals surface area (Å²) < 4.78 is 5.45. The Morgan fingerprint density at radius 1 is 1.10 bits per heavy atom. The Balaban J connectivity index is 1.74. The Morgan fingerprint density at radius 2 is 1.85 bits per heavy atom. The molecule has 2 fully saturated rings. The number of nitriles is 1. The summed E-state index contributed by atoms with van der Waals surface area (Å²) in [6, 6.07) is 13.7. The van der Waals surface area contributed by atoms with Crippen LogP contribution in [0.25, 0.3) is 0 Å². The number of ether oxygens (including phenoxy) is 1. The second-order valence-corrected chi connectivity index (χ2v) is 5.87. The normalized spacial score (nSPS) is 31.6. The van der Waals surface area contributed by atoms with Crippen LogP contribution in [0, 0.1) is 17.2 Å². The Hall–Kier alpha value is -1.37. The van der Waals surface area contributed by atoms with E-state index in [2.05, 4.69) is 41.3 Å². The molecular weight excluding hydrogens is 248 g/mol. The highest BCUT2D eigenvalue weighted by molar-refractivity contribution is 5.21.